The molecule has 1 aliphatic rings. The van der Waals surface area contributed by atoms with Crippen LogP contribution in [-0.2, 0) is 10.5 Å². The van der Waals surface area contributed by atoms with Gasteiger partial charge in [-0.2, -0.15) is 0 Å². The molecule has 2 aromatic rings. The number of anilines is 1. The first-order valence-electron chi connectivity index (χ1n) is 6.47. The van der Waals surface area contributed by atoms with E-state index in [1.54, 1.807) is 42.5 Å². The Morgan fingerprint density at radius 2 is 1.81 bits per heavy atom. The van der Waals surface area contributed by atoms with Gasteiger partial charge in [0.05, 0.1) is 5.69 Å². The largest absolute Gasteiger partial charge is 0.384 e. The van der Waals surface area contributed by atoms with Crippen molar-refractivity contribution in [3.05, 3.63) is 64.1 Å². The fourth-order valence-electron chi connectivity index (χ4n) is 2.72. The summed E-state index contributed by atoms with van der Waals surface area (Å²) in [6, 6.07) is 13.4. The third kappa shape index (κ3) is 1.92. The molecule has 2 aromatic carbocycles. The van der Waals surface area contributed by atoms with Crippen molar-refractivity contribution >= 4 is 27.5 Å². The lowest BCUT2D eigenvalue weighted by atomic mass is 9.87. The number of amides is 1. The van der Waals surface area contributed by atoms with Gasteiger partial charge in [0.15, 0.2) is 0 Å². The van der Waals surface area contributed by atoms with E-state index >= 15 is 4.39 Å². The summed E-state index contributed by atoms with van der Waals surface area (Å²) < 4.78 is 16.1. The predicted octanol–water partition coefficient (Wildman–Crippen LogP) is 3.32. The second kappa shape index (κ2) is 4.93. The van der Waals surface area contributed by atoms with Gasteiger partial charge in [0.25, 0.3) is 5.91 Å². The number of aliphatic hydroxyl groups is 1. The van der Waals surface area contributed by atoms with Gasteiger partial charge in [0.1, 0.15) is 6.10 Å². The van der Waals surface area contributed by atoms with Gasteiger partial charge < -0.3 is 10.0 Å². The number of carbonyl (C=O) groups is 1. The molecule has 0 aromatic heterocycles. The number of nitrogens with zero attached hydrogens (tertiary/aromatic N) is 1. The van der Waals surface area contributed by atoms with Gasteiger partial charge >= 0.3 is 0 Å². The van der Waals surface area contributed by atoms with Crippen molar-refractivity contribution in [1.82, 2.24) is 0 Å². The van der Waals surface area contributed by atoms with Crippen LogP contribution in [0.3, 0.4) is 0 Å². The SMILES string of the molecule is CN1C(=O)[C@](F)(C(O)c2ccccc2Br)c2ccccc21. The molecule has 0 fully saturated rings. The van der Waals surface area contributed by atoms with Crippen LogP contribution in [-0.4, -0.2) is 18.1 Å². The summed E-state index contributed by atoms with van der Waals surface area (Å²) in [6.07, 6.45) is -1.58. The minimum atomic E-state index is -2.48. The van der Waals surface area contributed by atoms with Crippen molar-refractivity contribution in [2.24, 2.45) is 0 Å². The first kappa shape index (κ1) is 14.2. The molecule has 3 nitrogen and oxygen atoms in total. The van der Waals surface area contributed by atoms with Crippen molar-refractivity contribution < 1.29 is 14.3 Å². The Hall–Kier alpha value is -1.72. The Labute approximate surface area is 130 Å². The van der Waals surface area contributed by atoms with Gasteiger partial charge in [0.2, 0.25) is 5.67 Å². The molecule has 5 heteroatoms. The van der Waals surface area contributed by atoms with Crippen molar-refractivity contribution in [2.75, 3.05) is 11.9 Å². The summed E-state index contributed by atoms with van der Waals surface area (Å²) >= 11 is 3.29. The first-order valence-corrected chi connectivity index (χ1v) is 7.26. The zero-order valence-corrected chi connectivity index (χ0v) is 12.8. The number of halogens is 2. The number of para-hydroxylation sites is 1. The smallest absolute Gasteiger partial charge is 0.272 e. The van der Waals surface area contributed by atoms with Crippen LogP contribution in [0.5, 0.6) is 0 Å². The lowest BCUT2D eigenvalue weighted by molar-refractivity contribution is -0.137. The minimum absolute atomic E-state index is 0.195. The van der Waals surface area contributed by atoms with E-state index in [-0.39, 0.29) is 5.56 Å². The second-order valence-corrected chi connectivity index (χ2v) is 5.87. The molecule has 0 radical (unpaired) electrons. The quantitative estimate of drug-likeness (QED) is 0.903. The summed E-state index contributed by atoms with van der Waals surface area (Å²) in [5, 5.41) is 10.5. The normalized spacial score (nSPS) is 22.3. The topological polar surface area (TPSA) is 40.5 Å². The Balaban J connectivity index is 2.17. The molecule has 1 heterocycles. The Morgan fingerprint density at radius 1 is 1.19 bits per heavy atom. The Morgan fingerprint density at radius 3 is 2.52 bits per heavy atom. The molecule has 21 heavy (non-hydrogen) atoms. The van der Waals surface area contributed by atoms with Crippen LogP contribution in [0.15, 0.2) is 53.0 Å². The maximum absolute atomic E-state index is 15.5. The number of rotatable bonds is 2. The lowest BCUT2D eigenvalue weighted by Gasteiger charge is -2.26. The number of hydrogen-bond acceptors (Lipinski definition) is 2. The van der Waals surface area contributed by atoms with Crippen molar-refractivity contribution in [3.63, 3.8) is 0 Å². The summed E-state index contributed by atoms with van der Waals surface area (Å²) in [7, 11) is 1.51. The van der Waals surface area contributed by atoms with E-state index in [0.717, 1.165) is 0 Å². The Kier molecular flexibility index (Phi) is 3.34. The number of carbonyl (C=O) groups excluding carboxylic acids is 1. The summed E-state index contributed by atoms with van der Waals surface area (Å²) in [4.78, 5) is 13.6. The van der Waals surface area contributed by atoms with Gasteiger partial charge in [-0.05, 0) is 17.7 Å². The molecule has 1 amide bonds. The first-order chi connectivity index (χ1) is 9.98. The van der Waals surface area contributed by atoms with E-state index in [9.17, 15) is 9.90 Å². The number of fused-ring (bicyclic) bond motifs is 1. The van der Waals surface area contributed by atoms with Crippen LogP contribution < -0.4 is 4.90 Å². The zero-order chi connectivity index (χ0) is 15.2. The van der Waals surface area contributed by atoms with Crippen LogP contribution in [0, 0.1) is 0 Å². The maximum Gasteiger partial charge on any atom is 0.272 e. The molecule has 1 N–H and O–H groups in total. The van der Waals surface area contributed by atoms with Gasteiger partial charge in [-0.25, -0.2) is 4.39 Å². The van der Waals surface area contributed by atoms with Crippen molar-refractivity contribution in [3.8, 4) is 0 Å². The van der Waals surface area contributed by atoms with Crippen LogP contribution in [0.4, 0.5) is 10.1 Å². The van der Waals surface area contributed by atoms with E-state index in [4.69, 9.17) is 0 Å². The summed E-state index contributed by atoms with van der Waals surface area (Å²) in [5.41, 5.74) is -1.45. The molecule has 2 atom stereocenters. The van der Waals surface area contributed by atoms with Crippen molar-refractivity contribution in [1.29, 1.82) is 0 Å². The van der Waals surface area contributed by atoms with Crippen LogP contribution in [0.25, 0.3) is 0 Å². The van der Waals surface area contributed by atoms with Gasteiger partial charge in [-0.3, -0.25) is 4.79 Å². The van der Waals surface area contributed by atoms with Crippen LogP contribution >= 0.6 is 15.9 Å². The number of benzene rings is 2. The average Bonchev–Trinajstić information content (AvgIpc) is 2.70. The van der Waals surface area contributed by atoms with Crippen LogP contribution in [0.1, 0.15) is 17.2 Å². The van der Waals surface area contributed by atoms with Gasteiger partial charge in [0, 0.05) is 17.1 Å². The molecular weight excluding hydrogens is 337 g/mol. The molecule has 1 unspecified atom stereocenters. The molecule has 0 aliphatic carbocycles. The van der Waals surface area contributed by atoms with Crippen molar-refractivity contribution in [2.45, 2.75) is 11.8 Å². The molecule has 108 valence electrons. The highest BCUT2D eigenvalue weighted by molar-refractivity contribution is 9.10. The number of alkyl halides is 1. The van der Waals surface area contributed by atoms with Gasteiger partial charge in [-0.1, -0.05) is 52.3 Å². The number of hydrogen-bond donors (Lipinski definition) is 1. The molecule has 0 saturated carbocycles. The number of likely N-dealkylation sites (N-methyl/N-ethyl adjacent to an activating group) is 1. The molecule has 1 aliphatic heterocycles. The molecule has 0 saturated heterocycles. The third-order valence-electron chi connectivity index (χ3n) is 3.85. The molecular formula is C16H13BrFNO2. The maximum atomic E-state index is 15.5. The van der Waals surface area contributed by atoms with E-state index in [2.05, 4.69) is 15.9 Å². The zero-order valence-electron chi connectivity index (χ0n) is 11.3. The van der Waals surface area contributed by atoms with E-state index in [1.165, 1.54) is 18.0 Å². The molecule has 0 spiro atoms. The number of aliphatic hydroxyl groups excluding tert-OH is 1. The predicted molar refractivity (Wildman–Crippen MR) is 81.7 cm³/mol. The fraction of sp³-hybridized carbons (Fsp3) is 0.188. The van der Waals surface area contributed by atoms with Gasteiger partial charge in [-0.15, -0.1) is 0 Å². The highest BCUT2D eigenvalue weighted by Crippen LogP contribution is 2.50. The highest BCUT2D eigenvalue weighted by Gasteiger charge is 2.56. The summed E-state index contributed by atoms with van der Waals surface area (Å²) in [6.45, 7) is 0. The van der Waals surface area contributed by atoms with Crippen LogP contribution in [0.2, 0.25) is 0 Å². The third-order valence-corrected chi connectivity index (χ3v) is 4.57. The standard InChI is InChI=1S/C16H13BrFNO2/c1-19-13-9-5-3-7-11(13)16(18,15(19)21)14(20)10-6-2-4-8-12(10)17/h2-9,14,20H,1H3/t14?,16-/m1/s1. The summed E-state index contributed by atoms with van der Waals surface area (Å²) in [5.74, 6) is -0.757. The Bertz CT molecular complexity index is 721. The average molecular weight is 350 g/mol. The molecule has 0 bridgehead atoms. The molecule has 3 rings (SSSR count). The highest BCUT2D eigenvalue weighted by atomic mass is 79.9. The van der Waals surface area contributed by atoms with E-state index < -0.39 is 17.7 Å². The second-order valence-electron chi connectivity index (χ2n) is 5.02. The monoisotopic (exact) mass is 349 g/mol. The van der Waals surface area contributed by atoms with E-state index in [1.807, 2.05) is 0 Å². The lowest BCUT2D eigenvalue weighted by Crippen LogP contribution is -2.40. The van der Waals surface area contributed by atoms with E-state index in [0.29, 0.717) is 15.7 Å². The minimum Gasteiger partial charge on any atom is -0.384 e. The fourth-order valence-corrected chi connectivity index (χ4v) is 3.22.